The van der Waals surface area contributed by atoms with Crippen molar-refractivity contribution in [3.05, 3.63) is 39.0 Å². The molecule has 0 radical (unpaired) electrons. The molecule has 134 valence electrons. The van der Waals surface area contributed by atoms with E-state index in [-0.39, 0.29) is 21.7 Å². The molecule has 1 unspecified atom stereocenters. The molecule has 1 amide bonds. The van der Waals surface area contributed by atoms with Crippen LogP contribution >= 0.6 is 0 Å². The Kier molecular flexibility index (Phi) is 4.48. The Morgan fingerprint density at radius 1 is 1.20 bits per heavy atom. The molecule has 0 saturated carbocycles. The Hall–Kier alpha value is -2.46. The number of carbonyl (C=O) groups excluding carboxylic acids is 1. The summed E-state index contributed by atoms with van der Waals surface area (Å²) in [7, 11) is -3.99. The largest absolute Gasteiger partial charge is 0.341 e. The molecule has 0 bridgehead atoms. The fourth-order valence-electron chi connectivity index (χ4n) is 2.87. The molecule has 0 spiro atoms. The van der Waals surface area contributed by atoms with Crippen LogP contribution in [-0.4, -0.2) is 48.3 Å². The van der Waals surface area contributed by atoms with Crippen LogP contribution in [0.1, 0.15) is 19.8 Å². The minimum atomic E-state index is -3.99. The third-order valence-corrected chi connectivity index (χ3v) is 5.68. The number of hydrogen-bond acceptors (Lipinski definition) is 5. The third-order valence-electron chi connectivity index (χ3n) is 4.14. The average molecular weight is 366 g/mol. The minimum Gasteiger partial charge on any atom is -0.341 e. The number of benzene rings is 1. The van der Waals surface area contributed by atoms with Crippen LogP contribution in [0.4, 0.5) is 0 Å². The molecule has 10 heteroatoms. The lowest BCUT2D eigenvalue weighted by Gasteiger charge is -2.21. The van der Waals surface area contributed by atoms with Gasteiger partial charge in [0.05, 0.1) is 21.8 Å². The quantitative estimate of drug-likeness (QED) is 0.671. The van der Waals surface area contributed by atoms with E-state index in [9.17, 15) is 22.8 Å². The first kappa shape index (κ1) is 17.4. The number of carbonyl (C=O) groups is 1. The lowest BCUT2D eigenvalue weighted by molar-refractivity contribution is -0.131. The van der Waals surface area contributed by atoms with Crippen LogP contribution in [0.3, 0.4) is 0 Å². The van der Waals surface area contributed by atoms with Crippen LogP contribution < -0.4 is 16.0 Å². The highest BCUT2D eigenvalue weighted by atomic mass is 32.2. The summed E-state index contributed by atoms with van der Waals surface area (Å²) in [5.74, 6) is -0.274. The monoisotopic (exact) mass is 366 g/mol. The third kappa shape index (κ3) is 3.49. The second-order valence-corrected chi connectivity index (χ2v) is 7.70. The highest BCUT2D eigenvalue weighted by molar-refractivity contribution is 7.89. The predicted octanol–water partition coefficient (Wildman–Crippen LogP) is -0.494. The number of likely N-dealkylation sites (tertiary alicyclic amines) is 1. The first-order chi connectivity index (χ1) is 11.8. The summed E-state index contributed by atoms with van der Waals surface area (Å²) in [6.07, 6.45) is 1.83. The van der Waals surface area contributed by atoms with Gasteiger partial charge in [-0.15, -0.1) is 0 Å². The second kappa shape index (κ2) is 6.45. The van der Waals surface area contributed by atoms with Gasteiger partial charge in [0.25, 0.3) is 5.56 Å². The minimum absolute atomic E-state index is 0.0426. The number of hydrogen-bond donors (Lipinski definition) is 3. The van der Waals surface area contributed by atoms with Crippen molar-refractivity contribution < 1.29 is 13.2 Å². The summed E-state index contributed by atoms with van der Waals surface area (Å²) in [6.45, 7) is 2.75. The van der Waals surface area contributed by atoms with Crippen LogP contribution in [-0.2, 0) is 14.8 Å². The zero-order valence-electron chi connectivity index (χ0n) is 13.5. The number of aromatic nitrogens is 2. The SMILES string of the molecule is CC(NS(=O)(=O)c1ccc2[nH]c(=O)[nH]c(=O)c2c1)C(=O)N1CCCC1. The van der Waals surface area contributed by atoms with Crippen LogP contribution in [0.25, 0.3) is 10.9 Å². The summed E-state index contributed by atoms with van der Waals surface area (Å²) in [4.78, 5) is 41.3. The Labute approximate surface area is 143 Å². The highest BCUT2D eigenvalue weighted by Gasteiger charge is 2.27. The average Bonchev–Trinajstić information content (AvgIpc) is 3.07. The Balaban J connectivity index is 1.89. The zero-order chi connectivity index (χ0) is 18.2. The molecule has 3 rings (SSSR count). The van der Waals surface area contributed by atoms with E-state index in [0.29, 0.717) is 13.1 Å². The van der Waals surface area contributed by atoms with Crippen molar-refractivity contribution in [2.45, 2.75) is 30.7 Å². The Morgan fingerprint density at radius 2 is 1.88 bits per heavy atom. The molecule has 3 N–H and O–H groups in total. The number of amides is 1. The number of H-pyrrole nitrogens is 2. The topological polar surface area (TPSA) is 132 Å². The summed E-state index contributed by atoms with van der Waals surface area (Å²) in [5, 5.41) is 0.0426. The number of rotatable bonds is 4. The Bertz CT molecular complexity index is 1030. The van der Waals surface area contributed by atoms with Crippen LogP contribution in [0, 0.1) is 0 Å². The van der Waals surface area contributed by atoms with Gasteiger partial charge in [-0.05, 0) is 38.0 Å². The number of nitrogens with zero attached hydrogens (tertiary/aromatic N) is 1. The summed E-state index contributed by atoms with van der Waals surface area (Å²) < 4.78 is 27.4. The van der Waals surface area contributed by atoms with Gasteiger partial charge in [0.15, 0.2) is 0 Å². The molecule has 2 aromatic rings. The van der Waals surface area contributed by atoms with Crippen molar-refractivity contribution in [1.29, 1.82) is 0 Å². The fourth-order valence-corrected chi connectivity index (χ4v) is 4.10. The van der Waals surface area contributed by atoms with E-state index in [1.54, 1.807) is 4.90 Å². The van der Waals surface area contributed by atoms with Gasteiger partial charge in [-0.1, -0.05) is 0 Å². The second-order valence-electron chi connectivity index (χ2n) is 5.99. The molecule has 1 atom stereocenters. The smallest absolute Gasteiger partial charge is 0.326 e. The summed E-state index contributed by atoms with van der Waals surface area (Å²) in [5.41, 5.74) is -1.12. The lowest BCUT2D eigenvalue weighted by Crippen LogP contribution is -2.45. The van der Waals surface area contributed by atoms with Crippen molar-refractivity contribution in [2.24, 2.45) is 0 Å². The van der Waals surface area contributed by atoms with Crippen LogP contribution in [0.2, 0.25) is 0 Å². The van der Waals surface area contributed by atoms with Gasteiger partial charge < -0.3 is 9.88 Å². The Morgan fingerprint density at radius 3 is 2.56 bits per heavy atom. The van der Waals surface area contributed by atoms with Crippen LogP contribution in [0.15, 0.2) is 32.7 Å². The molecule has 1 aromatic heterocycles. The van der Waals surface area contributed by atoms with Gasteiger partial charge in [-0.25, -0.2) is 13.2 Å². The molecule has 25 heavy (non-hydrogen) atoms. The van der Waals surface area contributed by atoms with Crippen molar-refractivity contribution in [2.75, 3.05) is 13.1 Å². The van der Waals surface area contributed by atoms with E-state index < -0.39 is 27.3 Å². The molecular weight excluding hydrogens is 348 g/mol. The van der Waals surface area contributed by atoms with Crippen molar-refractivity contribution in [3.8, 4) is 0 Å². The standard InChI is InChI=1S/C15H18N4O5S/c1-9(14(21)19-6-2-3-7-19)18-25(23,24)10-4-5-12-11(8-10)13(20)17-15(22)16-12/h4-5,8-9,18H,2-3,6-7H2,1H3,(H2,16,17,20,22). The van der Waals surface area contributed by atoms with Gasteiger partial charge in [0, 0.05) is 13.1 Å². The summed E-state index contributed by atoms with van der Waals surface area (Å²) in [6, 6.07) is 2.87. The number of sulfonamides is 1. The number of aromatic amines is 2. The molecule has 0 aliphatic carbocycles. The molecule has 1 aliphatic rings. The zero-order valence-corrected chi connectivity index (χ0v) is 14.4. The molecule has 1 saturated heterocycles. The summed E-state index contributed by atoms with van der Waals surface area (Å²) >= 11 is 0. The van der Waals surface area contributed by atoms with Crippen molar-refractivity contribution >= 4 is 26.8 Å². The molecule has 1 fully saturated rings. The van der Waals surface area contributed by atoms with E-state index in [4.69, 9.17) is 0 Å². The van der Waals surface area contributed by atoms with E-state index in [2.05, 4.69) is 9.71 Å². The van der Waals surface area contributed by atoms with Crippen molar-refractivity contribution in [1.82, 2.24) is 19.6 Å². The van der Waals surface area contributed by atoms with Crippen molar-refractivity contribution in [3.63, 3.8) is 0 Å². The van der Waals surface area contributed by atoms with Gasteiger partial charge in [0.2, 0.25) is 15.9 Å². The maximum absolute atomic E-state index is 12.5. The maximum Gasteiger partial charge on any atom is 0.326 e. The van der Waals surface area contributed by atoms with E-state index in [1.165, 1.54) is 25.1 Å². The predicted molar refractivity (Wildman–Crippen MR) is 90.8 cm³/mol. The molecule has 2 heterocycles. The fraction of sp³-hybridized carbons (Fsp3) is 0.400. The number of nitrogens with one attached hydrogen (secondary N) is 3. The van der Waals surface area contributed by atoms with Gasteiger partial charge in [-0.3, -0.25) is 14.6 Å². The molecule has 1 aliphatic heterocycles. The molecular formula is C15H18N4O5S. The van der Waals surface area contributed by atoms with Crippen LogP contribution in [0.5, 0.6) is 0 Å². The van der Waals surface area contributed by atoms with Gasteiger partial charge in [0.1, 0.15) is 0 Å². The van der Waals surface area contributed by atoms with E-state index in [1.807, 2.05) is 4.98 Å². The number of fused-ring (bicyclic) bond motifs is 1. The lowest BCUT2D eigenvalue weighted by atomic mass is 10.2. The van der Waals surface area contributed by atoms with Gasteiger partial charge in [-0.2, -0.15) is 4.72 Å². The van der Waals surface area contributed by atoms with E-state index in [0.717, 1.165) is 12.8 Å². The maximum atomic E-state index is 12.5. The first-order valence-corrected chi connectivity index (χ1v) is 9.34. The van der Waals surface area contributed by atoms with Gasteiger partial charge >= 0.3 is 5.69 Å². The molecule has 1 aromatic carbocycles. The first-order valence-electron chi connectivity index (χ1n) is 7.85. The van der Waals surface area contributed by atoms with E-state index >= 15 is 0 Å². The normalized spacial score (nSPS) is 16.3. The highest BCUT2D eigenvalue weighted by Crippen LogP contribution is 2.15. The molecule has 9 nitrogen and oxygen atoms in total.